The fraction of sp³-hybridized carbons (Fsp3) is 0.400. The summed E-state index contributed by atoms with van der Waals surface area (Å²) in [7, 11) is -4.14. The molecule has 0 spiro atoms. The number of anilines is 2. The summed E-state index contributed by atoms with van der Waals surface area (Å²) in [6, 6.07) is 8.37. The second-order valence-corrected chi connectivity index (χ2v) is 9.34. The van der Waals surface area contributed by atoms with Gasteiger partial charge >= 0.3 is 6.18 Å². The molecule has 31 heavy (non-hydrogen) atoms. The lowest BCUT2D eigenvalue weighted by atomic mass is 9.97. The Hall–Kier alpha value is -2.82. The van der Waals surface area contributed by atoms with E-state index in [0.29, 0.717) is 11.3 Å². The fourth-order valence-corrected chi connectivity index (χ4v) is 4.83. The van der Waals surface area contributed by atoms with E-state index in [0.717, 1.165) is 11.6 Å². The van der Waals surface area contributed by atoms with Crippen LogP contribution in [-0.4, -0.2) is 32.6 Å². The summed E-state index contributed by atoms with van der Waals surface area (Å²) in [6.45, 7) is 3.40. The van der Waals surface area contributed by atoms with Gasteiger partial charge in [-0.25, -0.2) is 8.42 Å². The molecule has 1 N–H and O–H groups in total. The number of hydrogen-bond acceptors (Lipinski definition) is 5. The van der Waals surface area contributed by atoms with Gasteiger partial charge in [0.25, 0.3) is 15.7 Å². The van der Waals surface area contributed by atoms with Gasteiger partial charge in [0.05, 0.1) is 21.4 Å². The number of piperidine rings is 1. The second kappa shape index (κ2) is 8.37. The number of nitro benzene ring substituents is 1. The van der Waals surface area contributed by atoms with Gasteiger partial charge in [-0.05, 0) is 50.5 Å². The van der Waals surface area contributed by atoms with Crippen molar-refractivity contribution in [3.8, 4) is 0 Å². The first kappa shape index (κ1) is 22.9. The van der Waals surface area contributed by atoms with E-state index < -0.39 is 39.3 Å². The summed E-state index contributed by atoms with van der Waals surface area (Å²) in [6.07, 6.45) is -4.21. The molecule has 0 amide bonds. The zero-order valence-electron chi connectivity index (χ0n) is 16.9. The Kier molecular flexibility index (Phi) is 6.17. The van der Waals surface area contributed by atoms with Gasteiger partial charge in [0.2, 0.25) is 0 Å². The van der Waals surface area contributed by atoms with Crippen LogP contribution in [0, 0.1) is 29.9 Å². The van der Waals surface area contributed by atoms with Crippen LogP contribution in [0.5, 0.6) is 0 Å². The quantitative estimate of drug-likeness (QED) is 0.515. The van der Waals surface area contributed by atoms with Crippen LogP contribution in [0.4, 0.5) is 30.2 Å². The number of rotatable bonds is 5. The highest BCUT2D eigenvalue weighted by Gasteiger charge is 2.42. The third-order valence-corrected chi connectivity index (χ3v) is 6.67. The largest absolute Gasteiger partial charge is 0.393 e. The number of alkyl halides is 3. The van der Waals surface area contributed by atoms with Crippen LogP contribution in [0.15, 0.2) is 41.3 Å². The summed E-state index contributed by atoms with van der Waals surface area (Å²) in [5.74, 6) is -1.59. The average Bonchev–Trinajstić information content (AvgIpc) is 2.69. The summed E-state index contributed by atoms with van der Waals surface area (Å²) in [5.41, 5.74) is 1.39. The van der Waals surface area contributed by atoms with E-state index in [9.17, 15) is 31.7 Å². The third-order valence-electron chi connectivity index (χ3n) is 5.31. The van der Waals surface area contributed by atoms with Crippen LogP contribution in [-0.2, 0) is 10.0 Å². The van der Waals surface area contributed by atoms with Crippen LogP contribution in [0.1, 0.15) is 24.0 Å². The van der Waals surface area contributed by atoms with Crippen molar-refractivity contribution in [1.82, 2.24) is 0 Å². The molecule has 2 aromatic rings. The van der Waals surface area contributed by atoms with E-state index >= 15 is 0 Å². The van der Waals surface area contributed by atoms with Crippen molar-refractivity contribution in [3.63, 3.8) is 0 Å². The molecule has 3 rings (SSSR count). The average molecular weight is 457 g/mol. The molecule has 11 heteroatoms. The van der Waals surface area contributed by atoms with Crippen molar-refractivity contribution in [1.29, 1.82) is 0 Å². The molecule has 1 aliphatic rings. The molecular weight excluding hydrogens is 435 g/mol. The predicted molar refractivity (Wildman–Crippen MR) is 111 cm³/mol. The molecule has 2 aromatic carbocycles. The van der Waals surface area contributed by atoms with Crippen molar-refractivity contribution < 1.29 is 26.5 Å². The smallest absolute Gasteiger partial charge is 0.365 e. The maximum atomic E-state index is 13.1. The van der Waals surface area contributed by atoms with E-state index in [-0.39, 0.29) is 30.0 Å². The highest BCUT2D eigenvalue weighted by molar-refractivity contribution is 7.92. The molecule has 7 nitrogen and oxygen atoms in total. The van der Waals surface area contributed by atoms with Crippen molar-refractivity contribution in [2.45, 2.75) is 37.8 Å². The summed E-state index contributed by atoms with van der Waals surface area (Å²) >= 11 is 0. The lowest BCUT2D eigenvalue weighted by molar-refractivity contribution is -0.384. The van der Waals surface area contributed by atoms with Crippen LogP contribution < -0.4 is 9.62 Å². The van der Waals surface area contributed by atoms with Gasteiger partial charge in [0.15, 0.2) is 0 Å². The zero-order chi connectivity index (χ0) is 23.0. The van der Waals surface area contributed by atoms with Crippen LogP contribution in [0.2, 0.25) is 0 Å². The van der Waals surface area contributed by atoms with E-state index in [4.69, 9.17) is 0 Å². The van der Waals surface area contributed by atoms with Crippen LogP contribution in [0.3, 0.4) is 0 Å². The monoisotopic (exact) mass is 457 g/mol. The molecule has 1 unspecified atom stereocenters. The minimum Gasteiger partial charge on any atom is -0.365 e. The zero-order valence-corrected chi connectivity index (χ0v) is 17.8. The Morgan fingerprint density at radius 2 is 1.87 bits per heavy atom. The number of nitrogens with one attached hydrogen (secondary N) is 1. The normalized spacial score (nSPS) is 17.5. The van der Waals surface area contributed by atoms with Gasteiger partial charge in [-0.2, -0.15) is 13.2 Å². The topological polar surface area (TPSA) is 92.6 Å². The summed E-state index contributed by atoms with van der Waals surface area (Å²) < 4.78 is 67.4. The molecule has 0 radical (unpaired) electrons. The van der Waals surface area contributed by atoms with Crippen molar-refractivity contribution in [3.05, 3.63) is 57.6 Å². The van der Waals surface area contributed by atoms with E-state index in [1.165, 1.54) is 17.0 Å². The summed E-state index contributed by atoms with van der Waals surface area (Å²) in [5, 5.41) is 11.6. The Bertz CT molecular complexity index is 1100. The highest BCUT2D eigenvalue weighted by atomic mass is 32.2. The second-order valence-electron chi connectivity index (χ2n) is 7.66. The van der Waals surface area contributed by atoms with Gasteiger partial charge < -0.3 is 4.90 Å². The number of halogens is 3. The van der Waals surface area contributed by atoms with Gasteiger partial charge in [0.1, 0.15) is 5.69 Å². The minimum atomic E-state index is -4.40. The van der Waals surface area contributed by atoms with Gasteiger partial charge in [-0.15, -0.1) is 0 Å². The maximum Gasteiger partial charge on any atom is 0.393 e. The number of nitrogens with zero attached hydrogens (tertiary/aromatic N) is 2. The maximum absolute atomic E-state index is 13.1. The van der Waals surface area contributed by atoms with Crippen molar-refractivity contribution in [2.75, 3.05) is 22.7 Å². The molecule has 0 aliphatic carbocycles. The molecule has 0 aromatic heterocycles. The van der Waals surface area contributed by atoms with E-state index in [2.05, 4.69) is 4.72 Å². The number of benzene rings is 2. The molecule has 168 valence electrons. The summed E-state index contributed by atoms with van der Waals surface area (Å²) in [4.78, 5) is 11.8. The van der Waals surface area contributed by atoms with Crippen molar-refractivity contribution in [2.24, 2.45) is 5.92 Å². The first-order valence-electron chi connectivity index (χ1n) is 9.58. The first-order chi connectivity index (χ1) is 14.4. The predicted octanol–water partition coefficient (Wildman–Crippen LogP) is 4.79. The number of hydrogen-bond donors (Lipinski definition) is 1. The first-order valence-corrected chi connectivity index (χ1v) is 11.1. The van der Waals surface area contributed by atoms with Gasteiger partial charge in [-0.1, -0.05) is 17.7 Å². The molecule has 1 fully saturated rings. The minimum absolute atomic E-state index is 0.0237. The number of sulfonamides is 1. The Morgan fingerprint density at radius 3 is 2.48 bits per heavy atom. The Morgan fingerprint density at radius 1 is 1.16 bits per heavy atom. The molecule has 1 atom stereocenters. The van der Waals surface area contributed by atoms with Crippen LogP contribution in [0.25, 0.3) is 0 Å². The SMILES string of the molecule is Cc1ccc(NS(=O)(=O)c2ccc(N3CCCC(C(F)(F)F)C3)c([N+](=O)[O-])c2)c(C)c1. The molecule has 0 bridgehead atoms. The Labute approximate surface area is 178 Å². The van der Waals surface area contributed by atoms with E-state index in [1.807, 2.05) is 6.92 Å². The lowest BCUT2D eigenvalue weighted by Gasteiger charge is -2.35. The fourth-order valence-electron chi connectivity index (χ4n) is 3.68. The van der Waals surface area contributed by atoms with Gasteiger partial charge in [-0.3, -0.25) is 14.8 Å². The van der Waals surface area contributed by atoms with Gasteiger partial charge in [0, 0.05) is 19.2 Å². The lowest BCUT2D eigenvalue weighted by Crippen LogP contribution is -2.42. The molecule has 0 saturated carbocycles. The van der Waals surface area contributed by atoms with Crippen LogP contribution >= 0.6 is 0 Å². The molecule has 1 heterocycles. The number of nitro groups is 1. The molecule has 1 aliphatic heterocycles. The number of aryl methyl sites for hydroxylation is 2. The molecular formula is C20H22F3N3O4S. The molecule has 1 saturated heterocycles. The van der Waals surface area contributed by atoms with E-state index in [1.54, 1.807) is 25.1 Å². The standard InChI is InChI=1S/C20H22F3N3O4S/c1-13-5-7-17(14(2)10-13)24-31(29,30)16-6-8-18(19(11-16)26(27)28)25-9-3-4-15(12-25)20(21,22)23/h5-8,10-11,15,24H,3-4,9,12H2,1-2H3. The highest BCUT2D eigenvalue weighted by Crippen LogP contribution is 2.38. The Balaban J connectivity index is 1.94. The third kappa shape index (κ3) is 5.09. The van der Waals surface area contributed by atoms with Crippen molar-refractivity contribution >= 4 is 27.1 Å².